The van der Waals surface area contributed by atoms with Gasteiger partial charge in [-0.25, -0.2) is 0 Å². The second kappa shape index (κ2) is 7.14. The smallest absolute Gasteiger partial charge is 0.199 e. The van der Waals surface area contributed by atoms with Gasteiger partial charge in [-0.2, -0.15) is 0 Å². The van der Waals surface area contributed by atoms with Crippen LogP contribution in [0.5, 0.6) is 11.5 Å². The van der Waals surface area contributed by atoms with E-state index in [1.54, 1.807) is 0 Å². The van der Waals surface area contributed by atoms with Crippen molar-refractivity contribution in [3.63, 3.8) is 0 Å². The van der Waals surface area contributed by atoms with E-state index < -0.39 is 0 Å². The van der Waals surface area contributed by atoms with Crippen LogP contribution in [0.2, 0.25) is 0 Å². The first-order chi connectivity index (χ1) is 10.4. The summed E-state index contributed by atoms with van der Waals surface area (Å²) in [4.78, 5) is 0. The van der Waals surface area contributed by atoms with Gasteiger partial charge in [-0.15, -0.1) is 0 Å². The summed E-state index contributed by atoms with van der Waals surface area (Å²) < 4.78 is 17.1. The topological polar surface area (TPSA) is 27.7 Å². The van der Waals surface area contributed by atoms with E-state index in [1.165, 1.54) is 6.42 Å². The molecule has 3 rings (SSSR count). The zero-order valence-corrected chi connectivity index (χ0v) is 12.0. The molecule has 1 unspecified atom stereocenters. The van der Waals surface area contributed by atoms with Crippen molar-refractivity contribution in [1.82, 2.24) is 0 Å². The predicted molar refractivity (Wildman–Crippen MR) is 81.4 cm³/mol. The molecule has 1 aliphatic rings. The van der Waals surface area contributed by atoms with E-state index in [4.69, 9.17) is 14.2 Å². The first-order valence-electron chi connectivity index (χ1n) is 7.45. The molecule has 3 heteroatoms. The maximum absolute atomic E-state index is 5.81. The van der Waals surface area contributed by atoms with Gasteiger partial charge in [0.25, 0.3) is 0 Å². The van der Waals surface area contributed by atoms with Crippen molar-refractivity contribution in [1.29, 1.82) is 0 Å². The molecule has 0 spiro atoms. The van der Waals surface area contributed by atoms with Crippen molar-refractivity contribution in [2.45, 2.75) is 32.2 Å². The summed E-state index contributed by atoms with van der Waals surface area (Å²) in [5.41, 5.74) is 1.12. The van der Waals surface area contributed by atoms with Crippen molar-refractivity contribution < 1.29 is 14.2 Å². The fraction of sp³-hybridized carbons (Fsp3) is 0.333. The predicted octanol–water partition coefficient (Wildman–Crippen LogP) is 4.17. The minimum absolute atomic E-state index is 0.0924. The third-order valence-electron chi connectivity index (χ3n) is 3.48. The molecule has 0 amide bonds. The molecule has 1 aliphatic heterocycles. The summed E-state index contributed by atoms with van der Waals surface area (Å²) >= 11 is 0. The summed E-state index contributed by atoms with van der Waals surface area (Å²) in [5.74, 6) is 1.73. The van der Waals surface area contributed by atoms with Gasteiger partial charge in [0.2, 0.25) is 0 Å². The molecule has 0 saturated carbocycles. The molecule has 2 aromatic carbocycles. The summed E-state index contributed by atoms with van der Waals surface area (Å²) in [7, 11) is 0. The molecular weight excluding hydrogens is 264 g/mol. The average molecular weight is 284 g/mol. The van der Waals surface area contributed by atoms with Crippen molar-refractivity contribution in [3.05, 3.63) is 60.2 Å². The Morgan fingerprint density at radius 1 is 0.905 bits per heavy atom. The minimum Gasteiger partial charge on any atom is -0.489 e. The van der Waals surface area contributed by atoms with Gasteiger partial charge in [0, 0.05) is 6.42 Å². The number of rotatable bonds is 5. The molecule has 1 saturated heterocycles. The Morgan fingerprint density at radius 2 is 1.71 bits per heavy atom. The van der Waals surface area contributed by atoms with Crippen molar-refractivity contribution in [2.75, 3.05) is 6.61 Å². The van der Waals surface area contributed by atoms with Crippen LogP contribution in [-0.4, -0.2) is 12.9 Å². The second-order valence-electron chi connectivity index (χ2n) is 5.16. The van der Waals surface area contributed by atoms with E-state index in [-0.39, 0.29) is 6.29 Å². The molecule has 3 nitrogen and oxygen atoms in total. The number of para-hydroxylation sites is 1. The fourth-order valence-electron chi connectivity index (χ4n) is 2.30. The normalized spacial score (nSPS) is 18.2. The second-order valence-corrected chi connectivity index (χ2v) is 5.16. The lowest BCUT2D eigenvalue weighted by molar-refractivity contribution is -0.105. The molecule has 110 valence electrons. The van der Waals surface area contributed by atoms with Crippen LogP contribution < -0.4 is 9.47 Å². The van der Waals surface area contributed by atoms with Gasteiger partial charge in [-0.3, -0.25) is 0 Å². The van der Waals surface area contributed by atoms with Gasteiger partial charge in [-0.1, -0.05) is 30.3 Å². The Hall–Kier alpha value is -2.00. The molecular formula is C18H20O3. The number of ether oxygens (including phenoxy) is 3. The van der Waals surface area contributed by atoms with Crippen LogP contribution in [-0.2, 0) is 11.3 Å². The average Bonchev–Trinajstić information content (AvgIpc) is 2.56. The lowest BCUT2D eigenvalue weighted by Crippen LogP contribution is -2.24. The fourth-order valence-corrected chi connectivity index (χ4v) is 2.30. The highest BCUT2D eigenvalue weighted by atomic mass is 16.7. The largest absolute Gasteiger partial charge is 0.489 e. The molecule has 0 radical (unpaired) electrons. The Morgan fingerprint density at radius 3 is 2.43 bits per heavy atom. The Balaban J connectivity index is 1.51. The summed E-state index contributed by atoms with van der Waals surface area (Å²) in [5, 5.41) is 0. The molecule has 0 bridgehead atoms. The maximum atomic E-state index is 5.81. The van der Waals surface area contributed by atoms with Crippen LogP contribution in [0.25, 0.3) is 0 Å². The van der Waals surface area contributed by atoms with E-state index in [9.17, 15) is 0 Å². The highest BCUT2D eigenvalue weighted by Gasteiger charge is 2.14. The minimum atomic E-state index is -0.0924. The number of hydrogen-bond acceptors (Lipinski definition) is 3. The van der Waals surface area contributed by atoms with Crippen LogP contribution in [0.1, 0.15) is 24.8 Å². The Kier molecular flexibility index (Phi) is 4.74. The van der Waals surface area contributed by atoms with E-state index in [1.807, 2.05) is 54.6 Å². The zero-order valence-electron chi connectivity index (χ0n) is 12.0. The van der Waals surface area contributed by atoms with Crippen LogP contribution in [0.3, 0.4) is 0 Å². The Bertz CT molecular complexity index is 530. The van der Waals surface area contributed by atoms with E-state index >= 15 is 0 Å². The van der Waals surface area contributed by atoms with Gasteiger partial charge in [-0.05, 0) is 42.7 Å². The summed E-state index contributed by atoms with van der Waals surface area (Å²) in [6.45, 7) is 1.36. The van der Waals surface area contributed by atoms with Gasteiger partial charge in [0.05, 0.1) is 6.61 Å². The van der Waals surface area contributed by atoms with Crippen molar-refractivity contribution >= 4 is 0 Å². The quantitative estimate of drug-likeness (QED) is 0.824. The molecule has 0 N–H and O–H groups in total. The number of benzene rings is 2. The molecule has 21 heavy (non-hydrogen) atoms. The monoisotopic (exact) mass is 284 g/mol. The SMILES string of the molecule is c1ccc(OCc2ccc(OC3CCCCO3)cc2)cc1. The molecule has 2 aromatic rings. The molecule has 0 aliphatic carbocycles. The van der Waals surface area contributed by atoms with Crippen molar-refractivity contribution in [2.24, 2.45) is 0 Å². The third-order valence-corrected chi connectivity index (χ3v) is 3.48. The molecule has 1 atom stereocenters. The lowest BCUT2D eigenvalue weighted by Gasteiger charge is -2.23. The first-order valence-corrected chi connectivity index (χ1v) is 7.45. The lowest BCUT2D eigenvalue weighted by atomic mass is 10.2. The first kappa shape index (κ1) is 14.0. The molecule has 1 heterocycles. The van der Waals surface area contributed by atoms with Crippen LogP contribution >= 0.6 is 0 Å². The third kappa shape index (κ3) is 4.23. The van der Waals surface area contributed by atoms with Crippen LogP contribution in [0.15, 0.2) is 54.6 Å². The summed E-state index contributed by atoms with van der Waals surface area (Å²) in [6, 6.07) is 17.8. The highest BCUT2D eigenvalue weighted by molar-refractivity contribution is 5.28. The standard InChI is InChI=1S/C18H20O3/c1-2-6-16(7-3-1)20-14-15-9-11-17(12-10-15)21-18-8-4-5-13-19-18/h1-3,6-7,9-12,18H,4-5,8,13-14H2. The molecule has 0 aromatic heterocycles. The van der Waals surface area contributed by atoms with Gasteiger partial charge >= 0.3 is 0 Å². The van der Waals surface area contributed by atoms with E-state index in [2.05, 4.69) is 0 Å². The van der Waals surface area contributed by atoms with Crippen molar-refractivity contribution in [3.8, 4) is 11.5 Å². The van der Waals surface area contributed by atoms with Crippen LogP contribution in [0, 0.1) is 0 Å². The maximum Gasteiger partial charge on any atom is 0.199 e. The molecule has 1 fully saturated rings. The Labute approximate surface area is 125 Å². The van der Waals surface area contributed by atoms with Gasteiger partial charge in [0.15, 0.2) is 6.29 Å². The summed E-state index contributed by atoms with van der Waals surface area (Å²) in [6.07, 6.45) is 3.19. The van der Waals surface area contributed by atoms with E-state index in [0.29, 0.717) is 6.61 Å². The zero-order chi connectivity index (χ0) is 14.3. The highest BCUT2D eigenvalue weighted by Crippen LogP contribution is 2.20. The number of hydrogen-bond donors (Lipinski definition) is 0. The van der Waals surface area contributed by atoms with Gasteiger partial charge in [0.1, 0.15) is 18.1 Å². The van der Waals surface area contributed by atoms with Crippen LogP contribution in [0.4, 0.5) is 0 Å². The van der Waals surface area contributed by atoms with E-state index in [0.717, 1.165) is 36.5 Å². The van der Waals surface area contributed by atoms with Gasteiger partial charge < -0.3 is 14.2 Å².